The number of nitrogens with zero attached hydrogens (tertiary/aromatic N) is 4. The molecule has 2 heterocycles. The van der Waals surface area contributed by atoms with E-state index in [-0.39, 0.29) is 0 Å². The molecule has 0 radical (unpaired) electrons. The SMILES string of the molecule is Cc1cc(C)n2nc(OCCSc3ccc(Cl)cc3)nc2n1. The van der Waals surface area contributed by atoms with E-state index in [1.807, 2.05) is 44.2 Å². The van der Waals surface area contributed by atoms with Crippen LogP contribution in [0.5, 0.6) is 6.01 Å². The quantitative estimate of drug-likeness (QED) is 0.527. The van der Waals surface area contributed by atoms with Crippen molar-refractivity contribution in [3.63, 3.8) is 0 Å². The molecule has 0 unspecified atom stereocenters. The molecule has 3 aromatic rings. The van der Waals surface area contributed by atoms with Gasteiger partial charge in [0.2, 0.25) is 0 Å². The predicted octanol–water partition coefficient (Wildman–Crippen LogP) is 3.57. The highest BCUT2D eigenvalue weighted by atomic mass is 35.5. The van der Waals surface area contributed by atoms with Crippen molar-refractivity contribution in [1.82, 2.24) is 19.6 Å². The van der Waals surface area contributed by atoms with Crippen molar-refractivity contribution >= 4 is 29.1 Å². The second-order valence-electron chi connectivity index (χ2n) is 4.80. The molecule has 0 fully saturated rings. The molecule has 0 amide bonds. The van der Waals surface area contributed by atoms with Crippen LogP contribution in [-0.4, -0.2) is 31.9 Å². The Kier molecular flexibility index (Phi) is 4.49. The maximum Gasteiger partial charge on any atom is 0.337 e. The monoisotopic (exact) mass is 334 g/mol. The smallest absolute Gasteiger partial charge is 0.337 e. The second kappa shape index (κ2) is 6.54. The van der Waals surface area contributed by atoms with Gasteiger partial charge >= 0.3 is 6.01 Å². The first-order chi connectivity index (χ1) is 10.6. The van der Waals surface area contributed by atoms with Gasteiger partial charge in [-0.05, 0) is 44.2 Å². The van der Waals surface area contributed by atoms with Crippen LogP contribution in [0.4, 0.5) is 0 Å². The molecule has 0 aliphatic carbocycles. The third-order valence-electron chi connectivity index (χ3n) is 3.00. The van der Waals surface area contributed by atoms with E-state index in [1.165, 1.54) is 0 Å². The number of ether oxygens (including phenoxy) is 1. The number of benzene rings is 1. The summed E-state index contributed by atoms with van der Waals surface area (Å²) in [5.41, 5.74) is 1.91. The summed E-state index contributed by atoms with van der Waals surface area (Å²) >= 11 is 7.56. The van der Waals surface area contributed by atoms with Crippen LogP contribution >= 0.6 is 23.4 Å². The Morgan fingerprint density at radius 1 is 1.18 bits per heavy atom. The molecule has 2 aromatic heterocycles. The van der Waals surface area contributed by atoms with Gasteiger partial charge in [0.15, 0.2) is 0 Å². The van der Waals surface area contributed by atoms with Gasteiger partial charge in [-0.25, -0.2) is 4.98 Å². The molecule has 7 heteroatoms. The highest BCUT2D eigenvalue weighted by Crippen LogP contribution is 2.20. The van der Waals surface area contributed by atoms with Crippen molar-refractivity contribution in [1.29, 1.82) is 0 Å². The molecule has 0 saturated heterocycles. The summed E-state index contributed by atoms with van der Waals surface area (Å²) in [6.07, 6.45) is 0. The largest absolute Gasteiger partial charge is 0.461 e. The van der Waals surface area contributed by atoms with E-state index in [0.29, 0.717) is 18.4 Å². The van der Waals surface area contributed by atoms with E-state index in [4.69, 9.17) is 16.3 Å². The molecule has 1 aromatic carbocycles. The second-order valence-corrected chi connectivity index (χ2v) is 6.40. The highest BCUT2D eigenvalue weighted by Gasteiger charge is 2.08. The van der Waals surface area contributed by atoms with Gasteiger partial charge in [0, 0.05) is 27.1 Å². The number of halogens is 1. The lowest BCUT2D eigenvalue weighted by atomic mass is 10.4. The Balaban J connectivity index is 1.57. The predicted molar refractivity (Wildman–Crippen MR) is 87.9 cm³/mol. The average molecular weight is 335 g/mol. The van der Waals surface area contributed by atoms with Crippen LogP contribution in [0.2, 0.25) is 5.02 Å². The molecule has 0 bridgehead atoms. The molecule has 0 N–H and O–H groups in total. The number of rotatable bonds is 5. The Labute approximate surface area is 137 Å². The van der Waals surface area contributed by atoms with Crippen molar-refractivity contribution in [2.75, 3.05) is 12.4 Å². The molecule has 114 valence electrons. The Morgan fingerprint density at radius 3 is 2.73 bits per heavy atom. The van der Waals surface area contributed by atoms with E-state index in [0.717, 1.165) is 27.1 Å². The first-order valence-electron chi connectivity index (χ1n) is 6.84. The van der Waals surface area contributed by atoms with Crippen molar-refractivity contribution in [2.24, 2.45) is 0 Å². The maximum atomic E-state index is 5.86. The van der Waals surface area contributed by atoms with Gasteiger partial charge < -0.3 is 4.74 Å². The van der Waals surface area contributed by atoms with Gasteiger partial charge in [0.25, 0.3) is 5.78 Å². The van der Waals surface area contributed by atoms with Crippen molar-refractivity contribution in [3.8, 4) is 6.01 Å². The van der Waals surface area contributed by atoms with E-state index in [9.17, 15) is 0 Å². The van der Waals surface area contributed by atoms with Crippen molar-refractivity contribution < 1.29 is 4.74 Å². The number of hydrogen-bond donors (Lipinski definition) is 0. The first-order valence-corrected chi connectivity index (χ1v) is 8.20. The highest BCUT2D eigenvalue weighted by molar-refractivity contribution is 7.99. The molecule has 0 aliphatic heterocycles. The number of thioether (sulfide) groups is 1. The molecular weight excluding hydrogens is 320 g/mol. The molecule has 22 heavy (non-hydrogen) atoms. The van der Waals surface area contributed by atoms with Gasteiger partial charge in [-0.2, -0.15) is 9.50 Å². The van der Waals surface area contributed by atoms with Crippen molar-refractivity contribution in [2.45, 2.75) is 18.7 Å². The normalized spacial score (nSPS) is 11.0. The van der Waals surface area contributed by atoms with Crippen LogP contribution in [0, 0.1) is 13.8 Å². The average Bonchev–Trinajstić information content (AvgIpc) is 2.88. The summed E-state index contributed by atoms with van der Waals surface area (Å²) in [6.45, 7) is 4.43. The summed E-state index contributed by atoms with van der Waals surface area (Å²) < 4.78 is 7.29. The summed E-state index contributed by atoms with van der Waals surface area (Å²) in [6, 6.07) is 10.1. The van der Waals surface area contributed by atoms with Crippen molar-refractivity contribution in [3.05, 3.63) is 46.7 Å². The van der Waals surface area contributed by atoms with Gasteiger partial charge in [-0.15, -0.1) is 16.9 Å². The van der Waals surface area contributed by atoms with E-state index in [1.54, 1.807) is 16.3 Å². The van der Waals surface area contributed by atoms with Crippen LogP contribution in [0.3, 0.4) is 0 Å². The van der Waals surface area contributed by atoms with Crippen LogP contribution in [0.1, 0.15) is 11.4 Å². The molecule has 0 saturated carbocycles. The maximum absolute atomic E-state index is 5.86. The first kappa shape index (κ1) is 15.1. The summed E-state index contributed by atoms with van der Waals surface area (Å²) in [5, 5.41) is 5.05. The van der Waals surface area contributed by atoms with Crippen LogP contribution < -0.4 is 4.74 Å². The van der Waals surface area contributed by atoms with E-state index < -0.39 is 0 Å². The molecule has 0 atom stereocenters. The van der Waals surface area contributed by atoms with Gasteiger partial charge in [0.1, 0.15) is 6.61 Å². The lowest BCUT2D eigenvalue weighted by Gasteiger charge is -2.02. The van der Waals surface area contributed by atoms with E-state index in [2.05, 4.69) is 15.1 Å². The van der Waals surface area contributed by atoms with Gasteiger partial charge in [-0.1, -0.05) is 11.6 Å². The fourth-order valence-corrected chi connectivity index (χ4v) is 2.89. The molecule has 5 nitrogen and oxygen atoms in total. The third kappa shape index (κ3) is 3.51. The number of aromatic nitrogens is 4. The number of hydrogen-bond acceptors (Lipinski definition) is 5. The fourth-order valence-electron chi connectivity index (χ4n) is 2.03. The minimum absolute atomic E-state index is 0.359. The minimum Gasteiger partial charge on any atom is -0.461 e. The third-order valence-corrected chi connectivity index (χ3v) is 4.22. The lowest BCUT2D eigenvalue weighted by molar-refractivity contribution is 0.316. The van der Waals surface area contributed by atoms with Crippen LogP contribution in [0.25, 0.3) is 5.78 Å². The van der Waals surface area contributed by atoms with Crippen LogP contribution in [0.15, 0.2) is 35.2 Å². The minimum atomic E-state index is 0.359. The molecule has 0 aliphatic rings. The fraction of sp³-hybridized carbons (Fsp3) is 0.267. The van der Waals surface area contributed by atoms with Crippen LogP contribution in [-0.2, 0) is 0 Å². The summed E-state index contributed by atoms with van der Waals surface area (Å²) in [4.78, 5) is 9.77. The van der Waals surface area contributed by atoms with Gasteiger partial charge in [0.05, 0.1) is 0 Å². The molecule has 0 spiro atoms. The number of aryl methyl sites for hydroxylation is 2. The van der Waals surface area contributed by atoms with E-state index >= 15 is 0 Å². The molecule has 3 rings (SSSR count). The zero-order valence-electron chi connectivity index (χ0n) is 12.3. The Bertz CT molecular complexity index is 788. The Morgan fingerprint density at radius 2 is 1.95 bits per heavy atom. The Hall–Kier alpha value is -1.79. The van der Waals surface area contributed by atoms with Gasteiger partial charge in [-0.3, -0.25) is 0 Å². The zero-order chi connectivity index (χ0) is 15.5. The zero-order valence-corrected chi connectivity index (χ0v) is 13.9. The summed E-state index contributed by atoms with van der Waals surface area (Å²) in [5.74, 6) is 1.38. The molecular formula is C15H15ClN4OS. The topological polar surface area (TPSA) is 52.3 Å². The standard InChI is InChI=1S/C15H15ClN4OS/c1-10-9-11(2)20-14(17-10)18-15(19-20)21-7-8-22-13-5-3-12(16)4-6-13/h3-6,9H,7-8H2,1-2H3. The lowest BCUT2D eigenvalue weighted by Crippen LogP contribution is -2.02. The number of fused-ring (bicyclic) bond motifs is 1. The summed E-state index contributed by atoms with van der Waals surface area (Å²) in [7, 11) is 0.